The Kier molecular flexibility index (Phi) is 38.2. The molecule has 0 heterocycles. The normalized spacial score (nSPS) is 15.1. The van der Waals surface area contributed by atoms with Crippen LogP contribution in [0.25, 0.3) is 0 Å². The molecule has 0 aromatic carbocycles. The Balaban J connectivity index is 4.35. The molecule has 0 radical (unpaired) electrons. The fourth-order valence-electron chi connectivity index (χ4n) is 5.71. The Morgan fingerprint density at radius 1 is 0.648 bits per heavy atom. The van der Waals surface area contributed by atoms with Crippen molar-refractivity contribution in [3.05, 3.63) is 48.8 Å². The molecule has 0 bridgehead atoms. The third kappa shape index (κ3) is 37.2. The SMILES string of the molecule is CCCCC/C=C\C/C=C\C/C=C\CC(O)C(O)CCCC(=O)O[C@H](CO/C=C/CCCCCCCCCCCCCCCC)COP(=O)(O)OCCN. The summed E-state index contributed by atoms with van der Waals surface area (Å²) in [5.74, 6) is -0.571. The van der Waals surface area contributed by atoms with Gasteiger partial charge in [-0.2, -0.15) is 0 Å². The molecule has 316 valence electrons. The maximum absolute atomic E-state index is 12.6. The van der Waals surface area contributed by atoms with E-state index in [1.807, 2.05) is 18.2 Å². The standard InChI is InChI=1S/C43H80NO9P/c1-3-5-7-9-11-13-15-17-18-19-20-22-24-26-28-30-36-50-38-40(39-52-54(48,49)51-37-35-44)53-43(47)34-31-33-42(46)41(45)32-29-27-25-23-21-16-14-12-10-8-6-4-2/h12,14,21,23,27,29-30,36,40-42,45-46H,3-11,13,15-20,22,24-26,28,31-35,37-39,44H2,1-2H3,(H,48,49)/b14-12-,23-21-,29-27-,36-30+/t40-,41?,42?/m1/s1. The molecule has 0 saturated heterocycles. The van der Waals surface area contributed by atoms with Gasteiger partial charge in [0.1, 0.15) is 6.61 Å². The van der Waals surface area contributed by atoms with Crippen molar-refractivity contribution in [2.75, 3.05) is 26.4 Å². The first-order valence-electron chi connectivity index (χ1n) is 21.3. The molecular formula is C43H80NO9P. The summed E-state index contributed by atoms with van der Waals surface area (Å²) in [6, 6.07) is 0. The molecular weight excluding hydrogens is 705 g/mol. The number of aliphatic hydroxyl groups is 2. The molecule has 3 unspecified atom stereocenters. The number of hydrogen-bond acceptors (Lipinski definition) is 9. The van der Waals surface area contributed by atoms with Gasteiger partial charge in [0.05, 0.1) is 31.7 Å². The second-order valence-electron chi connectivity index (χ2n) is 14.2. The van der Waals surface area contributed by atoms with Gasteiger partial charge in [-0.1, -0.05) is 147 Å². The van der Waals surface area contributed by atoms with Gasteiger partial charge in [-0.25, -0.2) is 4.57 Å². The Morgan fingerprint density at radius 3 is 1.78 bits per heavy atom. The summed E-state index contributed by atoms with van der Waals surface area (Å²) >= 11 is 0. The van der Waals surface area contributed by atoms with Crippen LogP contribution in [0.15, 0.2) is 48.8 Å². The molecule has 11 heteroatoms. The van der Waals surface area contributed by atoms with Gasteiger partial charge in [-0.15, -0.1) is 0 Å². The molecule has 0 saturated carbocycles. The maximum Gasteiger partial charge on any atom is 0.472 e. The minimum atomic E-state index is -4.37. The predicted octanol–water partition coefficient (Wildman–Crippen LogP) is 10.7. The molecule has 0 spiro atoms. The highest BCUT2D eigenvalue weighted by Gasteiger charge is 2.25. The van der Waals surface area contributed by atoms with E-state index in [1.54, 1.807) is 6.26 Å². The molecule has 5 N–H and O–H groups in total. The summed E-state index contributed by atoms with van der Waals surface area (Å²) in [6.45, 7) is 3.87. The van der Waals surface area contributed by atoms with Gasteiger partial charge in [-0.05, 0) is 63.9 Å². The molecule has 10 nitrogen and oxygen atoms in total. The highest BCUT2D eigenvalue weighted by atomic mass is 31.2. The number of esters is 1. The van der Waals surface area contributed by atoms with E-state index in [1.165, 1.54) is 103 Å². The number of aliphatic hydroxyl groups excluding tert-OH is 2. The third-order valence-electron chi connectivity index (χ3n) is 9.01. The van der Waals surface area contributed by atoms with E-state index >= 15 is 0 Å². The molecule has 4 atom stereocenters. The van der Waals surface area contributed by atoms with Crippen LogP contribution in [0.4, 0.5) is 0 Å². The van der Waals surface area contributed by atoms with E-state index in [9.17, 15) is 24.5 Å². The molecule has 54 heavy (non-hydrogen) atoms. The summed E-state index contributed by atoms with van der Waals surface area (Å²) in [5, 5.41) is 20.7. The maximum atomic E-state index is 12.6. The minimum Gasteiger partial charge on any atom is -0.498 e. The van der Waals surface area contributed by atoms with Crippen LogP contribution in [0.2, 0.25) is 0 Å². The summed E-state index contributed by atoms with van der Waals surface area (Å²) in [5.41, 5.74) is 5.34. The van der Waals surface area contributed by atoms with E-state index in [0.29, 0.717) is 12.8 Å². The highest BCUT2D eigenvalue weighted by Crippen LogP contribution is 2.43. The van der Waals surface area contributed by atoms with Crippen molar-refractivity contribution in [2.24, 2.45) is 5.73 Å². The quantitative estimate of drug-likeness (QED) is 0.0155. The molecule has 0 rings (SSSR count). The lowest BCUT2D eigenvalue weighted by atomic mass is 10.0. The van der Waals surface area contributed by atoms with Crippen molar-refractivity contribution in [3.63, 3.8) is 0 Å². The first-order chi connectivity index (χ1) is 26.3. The Morgan fingerprint density at radius 2 is 1.17 bits per heavy atom. The third-order valence-corrected chi connectivity index (χ3v) is 10.00. The largest absolute Gasteiger partial charge is 0.498 e. The molecule has 0 amide bonds. The fourth-order valence-corrected chi connectivity index (χ4v) is 6.48. The predicted molar refractivity (Wildman–Crippen MR) is 222 cm³/mol. The van der Waals surface area contributed by atoms with Crippen LogP contribution in [0.1, 0.15) is 174 Å². The Hall–Kier alpha value is -1.78. The average molecular weight is 786 g/mol. The topological polar surface area (TPSA) is 158 Å². The van der Waals surface area contributed by atoms with Crippen molar-refractivity contribution >= 4 is 13.8 Å². The van der Waals surface area contributed by atoms with E-state index in [-0.39, 0.29) is 32.6 Å². The number of phosphoric ester groups is 1. The van der Waals surface area contributed by atoms with E-state index in [2.05, 4.69) is 38.2 Å². The van der Waals surface area contributed by atoms with Crippen LogP contribution < -0.4 is 5.73 Å². The minimum absolute atomic E-state index is 0.0105. The summed E-state index contributed by atoms with van der Waals surface area (Å²) in [4.78, 5) is 22.5. The smallest absolute Gasteiger partial charge is 0.472 e. The van der Waals surface area contributed by atoms with Gasteiger partial charge in [0.25, 0.3) is 0 Å². The zero-order valence-electron chi connectivity index (χ0n) is 34.2. The molecule has 0 aliphatic carbocycles. The molecule has 0 aliphatic heterocycles. The van der Waals surface area contributed by atoms with E-state index in [0.717, 1.165) is 32.1 Å². The Labute approximate surface area is 329 Å². The average Bonchev–Trinajstić information content (AvgIpc) is 3.15. The lowest BCUT2D eigenvalue weighted by Crippen LogP contribution is -2.28. The number of phosphoric acid groups is 1. The first kappa shape index (κ1) is 52.2. The van der Waals surface area contributed by atoms with Crippen molar-refractivity contribution in [2.45, 2.75) is 193 Å². The van der Waals surface area contributed by atoms with E-state index in [4.69, 9.17) is 24.3 Å². The lowest BCUT2D eigenvalue weighted by Gasteiger charge is -2.20. The van der Waals surface area contributed by atoms with Gasteiger partial charge in [0, 0.05) is 13.0 Å². The number of carbonyl (C=O) groups excluding carboxylic acids is 1. The summed E-state index contributed by atoms with van der Waals surface area (Å²) in [7, 11) is -4.37. The summed E-state index contributed by atoms with van der Waals surface area (Å²) < 4.78 is 33.0. The van der Waals surface area contributed by atoms with Crippen LogP contribution in [0, 0.1) is 0 Å². The van der Waals surface area contributed by atoms with Crippen molar-refractivity contribution in [1.29, 1.82) is 0 Å². The molecule has 0 aromatic heterocycles. The van der Waals surface area contributed by atoms with Crippen LogP contribution in [-0.4, -0.2) is 65.8 Å². The van der Waals surface area contributed by atoms with Gasteiger partial charge < -0.3 is 30.3 Å². The second-order valence-corrected chi connectivity index (χ2v) is 15.7. The first-order valence-corrected chi connectivity index (χ1v) is 22.8. The number of rotatable bonds is 40. The van der Waals surface area contributed by atoms with Crippen molar-refractivity contribution in [3.8, 4) is 0 Å². The van der Waals surface area contributed by atoms with Crippen molar-refractivity contribution < 1.29 is 43.0 Å². The van der Waals surface area contributed by atoms with Gasteiger partial charge in [0.15, 0.2) is 6.10 Å². The van der Waals surface area contributed by atoms with Crippen LogP contribution in [0.3, 0.4) is 0 Å². The number of carbonyl (C=O) groups is 1. The van der Waals surface area contributed by atoms with Crippen molar-refractivity contribution in [1.82, 2.24) is 0 Å². The number of hydrogen-bond donors (Lipinski definition) is 4. The number of ether oxygens (including phenoxy) is 2. The van der Waals surface area contributed by atoms with Gasteiger partial charge in [-0.3, -0.25) is 13.8 Å². The monoisotopic (exact) mass is 786 g/mol. The van der Waals surface area contributed by atoms with Gasteiger partial charge >= 0.3 is 13.8 Å². The van der Waals surface area contributed by atoms with Crippen LogP contribution in [-0.2, 0) is 27.9 Å². The number of nitrogens with two attached hydrogens (primary N) is 1. The molecule has 0 aromatic rings. The fraction of sp³-hybridized carbons (Fsp3) is 0.791. The zero-order chi connectivity index (χ0) is 39.8. The lowest BCUT2D eigenvalue weighted by molar-refractivity contribution is -0.153. The number of unbranched alkanes of at least 4 members (excludes halogenated alkanes) is 17. The van der Waals surface area contributed by atoms with Gasteiger partial charge in [0.2, 0.25) is 0 Å². The second kappa shape index (κ2) is 39.5. The zero-order valence-corrected chi connectivity index (χ0v) is 35.1. The molecule has 0 fully saturated rings. The number of allylic oxidation sites excluding steroid dienone is 6. The Bertz CT molecular complexity index is 1000. The van der Waals surface area contributed by atoms with E-state index < -0.39 is 38.7 Å². The van der Waals surface area contributed by atoms with Crippen LogP contribution in [0.5, 0.6) is 0 Å². The molecule has 0 aliphatic rings. The highest BCUT2D eigenvalue weighted by molar-refractivity contribution is 7.47. The van der Waals surface area contributed by atoms with Crippen LogP contribution >= 0.6 is 7.82 Å². The summed E-state index contributed by atoms with van der Waals surface area (Å²) in [6.07, 6.45) is 39.6.